The fourth-order valence-corrected chi connectivity index (χ4v) is 0.343. The molecule has 0 fully saturated rings. The molecule has 0 saturated heterocycles. The van der Waals surface area contributed by atoms with Gasteiger partial charge in [0.25, 0.3) is 5.97 Å². The number of carbonyl (C=O) groups is 5. The van der Waals surface area contributed by atoms with Gasteiger partial charge in [0, 0.05) is 59.0 Å². The molecule has 286 valence electrons. The third-order valence-corrected chi connectivity index (χ3v) is 1.84. The summed E-state index contributed by atoms with van der Waals surface area (Å²) in [6.07, 6.45) is 0.440. The van der Waals surface area contributed by atoms with Gasteiger partial charge in [-0.1, -0.05) is 13.8 Å². The van der Waals surface area contributed by atoms with E-state index in [0.717, 1.165) is 13.3 Å². The average molecular weight is 693 g/mol. The van der Waals surface area contributed by atoms with Crippen LogP contribution in [0.5, 0.6) is 0 Å². The first kappa shape index (κ1) is 69.6. The van der Waals surface area contributed by atoms with Crippen LogP contribution >= 0.6 is 0 Å². The Morgan fingerprint density at radius 3 is 0.587 bits per heavy atom. The fraction of sp³-hybridized carbons (Fsp3) is 0.792. The van der Waals surface area contributed by atoms with Crippen molar-refractivity contribution in [1.82, 2.24) is 0 Å². The van der Waals surface area contributed by atoms with E-state index in [9.17, 15) is 19.2 Å². The minimum Gasteiger partial charge on any atom is -0.481 e. The number of hydrogen-bond donors (Lipinski definition) is 17. The van der Waals surface area contributed by atoms with Crippen molar-refractivity contribution in [1.29, 1.82) is 0 Å². The lowest BCUT2D eigenvalue weighted by Gasteiger charge is -1.80. The van der Waals surface area contributed by atoms with Crippen molar-refractivity contribution < 1.29 is 80.1 Å². The Balaban J connectivity index is -0.0000000394. The second kappa shape index (κ2) is 90.0. The Bertz CT molecular complexity index is 494. The zero-order chi connectivity index (χ0) is 39.2. The summed E-state index contributed by atoms with van der Waals surface area (Å²) in [6, 6.07) is 0. The van der Waals surface area contributed by atoms with Crippen molar-refractivity contribution in [3.8, 4) is 0 Å². The van der Waals surface area contributed by atoms with Crippen molar-refractivity contribution in [3.05, 3.63) is 0 Å². The lowest BCUT2D eigenvalue weighted by Crippen LogP contribution is -2.03. The van der Waals surface area contributed by atoms with Crippen molar-refractivity contribution in [2.24, 2.45) is 34.4 Å². The second-order valence-electron chi connectivity index (χ2n) is 6.45. The molecule has 0 unspecified atom stereocenters. The predicted molar refractivity (Wildman–Crippen MR) is 171 cm³/mol. The van der Waals surface area contributed by atoms with Crippen LogP contribution in [0.1, 0.15) is 46.5 Å². The van der Waals surface area contributed by atoms with E-state index in [-0.39, 0.29) is 46.1 Å². The third-order valence-electron chi connectivity index (χ3n) is 1.84. The molecule has 46 heavy (non-hydrogen) atoms. The zero-order valence-corrected chi connectivity index (χ0v) is 27.2. The highest BCUT2D eigenvalue weighted by atomic mass is 16.4. The predicted octanol–water partition coefficient (Wildman–Crippen LogP) is -5.39. The van der Waals surface area contributed by atoms with Gasteiger partial charge in [0.05, 0.1) is 39.6 Å². The third kappa shape index (κ3) is 461. The van der Waals surface area contributed by atoms with E-state index in [2.05, 4.69) is 0 Å². The molecule has 0 rings (SSSR count). The maximum atomic E-state index is 9.60. The molecule has 0 aliphatic heterocycles. The Kier molecular flexibility index (Phi) is 136. The molecule has 0 aromatic carbocycles. The molecule has 0 heterocycles. The lowest BCUT2D eigenvalue weighted by molar-refractivity contribution is -0.147. The quantitative estimate of drug-likeness (QED) is 0.0898. The van der Waals surface area contributed by atoms with Crippen LogP contribution in [0.2, 0.25) is 0 Å². The van der Waals surface area contributed by atoms with Gasteiger partial charge < -0.3 is 90.6 Å². The lowest BCUT2D eigenvalue weighted by atomic mass is 10.4. The molecule has 0 aliphatic carbocycles. The minimum atomic E-state index is -1.31. The van der Waals surface area contributed by atoms with Gasteiger partial charge >= 0.3 is 23.9 Å². The van der Waals surface area contributed by atoms with Crippen LogP contribution < -0.4 is 34.4 Å². The van der Waals surface area contributed by atoms with Crippen molar-refractivity contribution in [3.63, 3.8) is 0 Å². The van der Waals surface area contributed by atoms with E-state index < -0.39 is 36.3 Å². The van der Waals surface area contributed by atoms with Crippen LogP contribution in [0.15, 0.2) is 0 Å². The monoisotopic (exact) mass is 692 g/mol. The maximum Gasteiger partial charge on any atom is 0.314 e. The summed E-state index contributed by atoms with van der Waals surface area (Å²) < 4.78 is 0. The van der Waals surface area contributed by atoms with E-state index in [1.807, 2.05) is 6.92 Å². The summed E-state index contributed by atoms with van der Waals surface area (Å²) in [5.41, 5.74) is 28.7. The van der Waals surface area contributed by atoms with E-state index in [4.69, 9.17) is 95.4 Å². The topological polar surface area (TPSA) is 464 Å². The minimum absolute atomic E-state index is 0.0972. The van der Waals surface area contributed by atoms with Crippen molar-refractivity contribution in [2.45, 2.75) is 46.5 Å². The van der Waals surface area contributed by atoms with Crippen molar-refractivity contribution in [2.75, 3.05) is 78.9 Å². The first-order valence-electron chi connectivity index (χ1n) is 13.3. The van der Waals surface area contributed by atoms with E-state index in [0.29, 0.717) is 45.7 Å². The highest BCUT2D eigenvalue weighted by Crippen LogP contribution is 1.82. The summed E-state index contributed by atoms with van der Waals surface area (Å²) in [6.45, 7) is 7.36. The fourth-order valence-electron chi connectivity index (χ4n) is 0.343. The molecular formula is C24H64N6O16. The zero-order valence-electron chi connectivity index (χ0n) is 27.2. The molecule has 0 amide bonds. The van der Waals surface area contributed by atoms with Crippen LogP contribution in [-0.2, 0) is 24.0 Å². The van der Waals surface area contributed by atoms with Crippen LogP contribution in [0, 0.1) is 0 Å². The van der Waals surface area contributed by atoms with Gasteiger partial charge in [-0.15, -0.1) is 0 Å². The summed E-state index contributed by atoms with van der Waals surface area (Å²) in [5.74, 6) is -4.91. The Morgan fingerprint density at radius 1 is 0.435 bits per heavy atom. The number of aliphatic hydroxyl groups excluding tert-OH is 6. The summed E-state index contributed by atoms with van der Waals surface area (Å²) >= 11 is 0. The van der Waals surface area contributed by atoms with Gasteiger partial charge in [0.2, 0.25) is 0 Å². The Labute approximate surface area is 270 Å². The van der Waals surface area contributed by atoms with E-state index in [1.165, 1.54) is 0 Å². The maximum absolute atomic E-state index is 9.60. The van der Waals surface area contributed by atoms with Crippen LogP contribution in [0.4, 0.5) is 0 Å². The average Bonchev–Trinajstić information content (AvgIpc) is 3.01. The van der Waals surface area contributed by atoms with Crippen LogP contribution in [-0.4, -0.2) is 165 Å². The first-order chi connectivity index (χ1) is 21.4. The molecule has 0 saturated carbocycles. The van der Waals surface area contributed by atoms with Crippen LogP contribution in [0.3, 0.4) is 0 Å². The molecule has 0 aromatic heterocycles. The SMILES string of the molecule is CC(=O)O.CCC(=O)O.CCCC(=O)O.NCCO.NCCO.NCCO.NCCO.NCCO.NCCO.O=C(O)CC(=O)O. The smallest absolute Gasteiger partial charge is 0.314 e. The summed E-state index contributed by atoms with van der Waals surface area (Å²) in [5, 5.41) is 85.0. The molecule has 0 aliphatic rings. The molecule has 0 bridgehead atoms. The van der Waals surface area contributed by atoms with Gasteiger partial charge in [-0.25, -0.2) is 0 Å². The number of hydrogen-bond acceptors (Lipinski definition) is 17. The molecule has 0 spiro atoms. The molecule has 22 heteroatoms. The first-order valence-corrected chi connectivity index (χ1v) is 13.3. The molecule has 0 aromatic rings. The van der Waals surface area contributed by atoms with Gasteiger partial charge in [-0.05, 0) is 6.42 Å². The van der Waals surface area contributed by atoms with Gasteiger partial charge in [0.15, 0.2) is 0 Å². The largest absolute Gasteiger partial charge is 0.481 e. The highest BCUT2D eigenvalue weighted by molar-refractivity contribution is 5.88. The van der Waals surface area contributed by atoms with Gasteiger partial charge in [-0.3, -0.25) is 24.0 Å². The standard InChI is InChI=1S/C4H8O2.C3H4O4.C3H6O2.6C2H7NO.C2H4O2/c1-2-3-4(5)6;4-2(5)1-3(6)7;1-2-3(4)5;6*3-1-2-4;1-2(3)4/h2-3H2,1H3,(H,5,6);1H2,(H,4,5)(H,6,7);2H2,1H3,(H,4,5);6*4H,1-3H2;1H3,(H,3,4). The van der Waals surface area contributed by atoms with E-state index >= 15 is 0 Å². The molecule has 22 nitrogen and oxygen atoms in total. The van der Waals surface area contributed by atoms with E-state index in [1.54, 1.807) is 6.92 Å². The summed E-state index contributed by atoms with van der Waals surface area (Å²) in [4.78, 5) is 46.8. The molecule has 0 radical (unpaired) electrons. The molecule has 0 atom stereocenters. The van der Waals surface area contributed by atoms with Gasteiger partial charge in [-0.2, -0.15) is 0 Å². The number of carboxylic acids is 5. The van der Waals surface area contributed by atoms with Gasteiger partial charge in [0.1, 0.15) is 6.42 Å². The Morgan fingerprint density at radius 2 is 0.587 bits per heavy atom. The number of aliphatic hydroxyl groups is 6. The molecular weight excluding hydrogens is 628 g/mol. The normalized spacial score (nSPS) is 7.54. The highest BCUT2D eigenvalue weighted by Gasteiger charge is 2.01. The van der Waals surface area contributed by atoms with Crippen LogP contribution in [0.25, 0.3) is 0 Å². The second-order valence-corrected chi connectivity index (χ2v) is 6.45. The number of nitrogens with two attached hydrogens (primary N) is 6. The molecule has 23 N–H and O–H groups in total. The number of rotatable bonds is 11. The van der Waals surface area contributed by atoms with Crippen molar-refractivity contribution >= 4 is 29.8 Å². The number of carboxylic acid groups (broad SMARTS) is 5. The number of aliphatic carboxylic acids is 5. The Hall–Kier alpha value is -3.13. The summed E-state index contributed by atoms with van der Waals surface area (Å²) in [7, 11) is 0.